The average molecular weight is 853 g/mol. The van der Waals surface area contributed by atoms with Crippen molar-refractivity contribution >= 4 is 49.3 Å². The van der Waals surface area contributed by atoms with Gasteiger partial charge in [0.1, 0.15) is 0 Å². The number of hydrogen-bond acceptors (Lipinski definition) is 3. The summed E-state index contributed by atoms with van der Waals surface area (Å²) in [6.07, 6.45) is 0. The van der Waals surface area contributed by atoms with Gasteiger partial charge in [-0.25, -0.2) is 19.8 Å². The van der Waals surface area contributed by atoms with E-state index >= 15 is 0 Å². The van der Waals surface area contributed by atoms with Gasteiger partial charge in [-0.05, 0) is 82.6 Å². The first-order valence-electron chi connectivity index (χ1n) is 22.6. The molecule has 0 aliphatic carbocycles. The van der Waals surface area contributed by atoms with Crippen molar-refractivity contribution in [2.24, 2.45) is 0 Å². The molecule has 0 unspecified atom stereocenters. The normalized spacial score (nSPS) is 12.1. The third kappa shape index (κ3) is 6.92. The minimum Gasteiger partial charge on any atom is -0.310 e. The summed E-state index contributed by atoms with van der Waals surface area (Å²) in [6.45, 7) is 21.9. The first-order chi connectivity index (χ1) is 31.9. The van der Waals surface area contributed by atoms with Gasteiger partial charge in [0.05, 0.1) is 34.3 Å². The molecule has 3 aromatic heterocycles. The van der Waals surface area contributed by atoms with Crippen LogP contribution in [0.2, 0.25) is 0 Å². The minimum atomic E-state index is -0.0410. The van der Waals surface area contributed by atoms with Crippen molar-refractivity contribution in [3.05, 3.63) is 205 Å². The molecule has 66 heavy (non-hydrogen) atoms. The van der Waals surface area contributed by atoms with E-state index in [1.807, 2.05) is 72.8 Å². The average Bonchev–Trinajstić information content (AvgIpc) is 3.85. The predicted octanol–water partition coefficient (Wildman–Crippen LogP) is 15.9. The lowest BCUT2D eigenvalue weighted by Crippen LogP contribution is -2.10. The standard InChI is InChI=1S/C60H48N6/c1-59(2,3)41-27-32-53-48(35-41)49-36-42(60(4,5)6)28-33-54(49)65(53)52-31-26-40(58-63-56(38-18-10-8-11-19-38)62-57(64-58)39-20-12-9-13-21-39)34-47(52)46-30-29-43(61-7)37-55(46)66-50-24-16-14-22-44(50)45-23-15-17-25-51(45)66/h8-37H,1-6H3. The Morgan fingerprint density at radius 1 is 0.379 bits per heavy atom. The highest BCUT2D eigenvalue weighted by Crippen LogP contribution is 2.44. The van der Waals surface area contributed by atoms with E-state index < -0.39 is 0 Å². The van der Waals surface area contributed by atoms with E-state index in [1.165, 1.54) is 21.9 Å². The zero-order chi connectivity index (χ0) is 45.3. The molecule has 0 N–H and O–H groups in total. The summed E-state index contributed by atoms with van der Waals surface area (Å²) < 4.78 is 4.76. The Bertz CT molecular complexity index is 3540. The lowest BCUT2D eigenvalue weighted by atomic mass is 9.85. The van der Waals surface area contributed by atoms with Gasteiger partial charge < -0.3 is 9.13 Å². The highest BCUT2D eigenvalue weighted by atomic mass is 15.0. The number of rotatable bonds is 6. The Kier molecular flexibility index (Phi) is 9.56. The number of benzene rings is 8. The molecular weight excluding hydrogens is 805 g/mol. The highest BCUT2D eigenvalue weighted by molar-refractivity contribution is 6.12. The van der Waals surface area contributed by atoms with Crippen LogP contribution in [0.25, 0.3) is 105 Å². The largest absolute Gasteiger partial charge is 0.310 e. The maximum absolute atomic E-state index is 8.24. The van der Waals surface area contributed by atoms with Crippen molar-refractivity contribution in [3.63, 3.8) is 0 Å². The van der Waals surface area contributed by atoms with Gasteiger partial charge >= 0.3 is 0 Å². The molecule has 8 aromatic carbocycles. The van der Waals surface area contributed by atoms with E-state index in [-0.39, 0.29) is 10.8 Å². The Balaban J connectivity index is 1.26. The van der Waals surface area contributed by atoms with Gasteiger partial charge in [0.2, 0.25) is 0 Å². The number of aromatic nitrogens is 5. The van der Waals surface area contributed by atoms with Crippen LogP contribution in [-0.2, 0) is 10.8 Å². The number of para-hydroxylation sites is 2. The van der Waals surface area contributed by atoms with Crippen molar-refractivity contribution in [2.75, 3.05) is 0 Å². The smallest absolute Gasteiger partial charge is 0.189 e. The zero-order valence-corrected chi connectivity index (χ0v) is 38.0. The maximum Gasteiger partial charge on any atom is 0.189 e. The van der Waals surface area contributed by atoms with Gasteiger partial charge in [-0.2, -0.15) is 0 Å². The van der Waals surface area contributed by atoms with Gasteiger partial charge in [0, 0.05) is 55.0 Å². The van der Waals surface area contributed by atoms with Crippen LogP contribution >= 0.6 is 0 Å². The Hall–Kier alpha value is -8.14. The molecule has 0 aliphatic heterocycles. The van der Waals surface area contributed by atoms with Gasteiger partial charge in [0.25, 0.3) is 0 Å². The fraction of sp³-hybridized carbons (Fsp3) is 0.133. The quantitative estimate of drug-likeness (QED) is 0.157. The molecule has 0 atom stereocenters. The number of hydrogen-bond donors (Lipinski definition) is 0. The summed E-state index contributed by atoms with van der Waals surface area (Å²) in [6, 6.07) is 64.0. The van der Waals surface area contributed by atoms with Crippen LogP contribution in [0.4, 0.5) is 5.69 Å². The third-order valence-corrected chi connectivity index (χ3v) is 12.9. The van der Waals surface area contributed by atoms with Crippen molar-refractivity contribution in [1.29, 1.82) is 0 Å². The van der Waals surface area contributed by atoms with Crippen molar-refractivity contribution < 1.29 is 0 Å². The molecule has 6 heteroatoms. The molecule has 11 rings (SSSR count). The van der Waals surface area contributed by atoms with Gasteiger partial charge in [-0.1, -0.05) is 163 Å². The second-order valence-corrected chi connectivity index (χ2v) is 19.3. The van der Waals surface area contributed by atoms with Crippen molar-refractivity contribution in [2.45, 2.75) is 52.4 Å². The molecule has 0 amide bonds. The second kappa shape index (κ2) is 15.5. The molecule has 0 spiro atoms. The molecule has 0 saturated carbocycles. The molecular formula is C60H48N6. The summed E-state index contributed by atoms with van der Waals surface area (Å²) in [4.78, 5) is 19.4. The molecule has 318 valence electrons. The number of nitrogens with zero attached hydrogens (tertiary/aromatic N) is 6. The molecule has 11 aromatic rings. The van der Waals surface area contributed by atoms with Crippen molar-refractivity contribution in [3.8, 4) is 56.7 Å². The van der Waals surface area contributed by atoms with Gasteiger partial charge in [-0.3, -0.25) is 0 Å². The van der Waals surface area contributed by atoms with E-state index in [2.05, 4.69) is 165 Å². The fourth-order valence-electron chi connectivity index (χ4n) is 9.42. The fourth-order valence-corrected chi connectivity index (χ4v) is 9.42. The molecule has 0 saturated heterocycles. The van der Waals surface area contributed by atoms with Crippen LogP contribution in [0.1, 0.15) is 52.7 Å². The molecule has 6 nitrogen and oxygen atoms in total. The first-order valence-corrected chi connectivity index (χ1v) is 22.6. The molecule has 0 radical (unpaired) electrons. The first kappa shape index (κ1) is 40.6. The molecule has 0 aliphatic rings. The second-order valence-electron chi connectivity index (χ2n) is 19.3. The molecule has 0 fully saturated rings. The lowest BCUT2D eigenvalue weighted by Gasteiger charge is -2.21. The van der Waals surface area contributed by atoms with Crippen LogP contribution in [0.15, 0.2) is 182 Å². The van der Waals surface area contributed by atoms with Crippen LogP contribution < -0.4 is 0 Å². The predicted molar refractivity (Wildman–Crippen MR) is 274 cm³/mol. The van der Waals surface area contributed by atoms with Gasteiger partial charge in [-0.15, -0.1) is 0 Å². The molecule has 0 bridgehead atoms. The Morgan fingerprint density at radius 2 is 0.833 bits per heavy atom. The van der Waals surface area contributed by atoms with Crippen LogP contribution in [0.5, 0.6) is 0 Å². The van der Waals surface area contributed by atoms with E-state index in [9.17, 15) is 0 Å². The highest BCUT2D eigenvalue weighted by Gasteiger charge is 2.25. The van der Waals surface area contributed by atoms with Crippen LogP contribution in [0.3, 0.4) is 0 Å². The molecule has 3 heterocycles. The van der Waals surface area contributed by atoms with E-state index in [4.69, 9.17) is 21.5 Å². The maximum atomic E-state index is 8.24. The zero-order valence-electron chi connectivity index (χ0n) is 38.0. The van der Waals surface area contributed by atoms with Crippen LogP contribution in [-0.4, -0.2) is 24.1 Å². The van der Waals surface area contributed by atoms with Crippen LogP contribution in [0, 0.1) is 6.57 Å². The summed E-state index contributed by atoms with van der Waals surface area (Å²) >= 11 is 0. The summed E-state index contributed by atoms with van der Waals surface area (Å²) in [5, 5.41) is 4.73. The van der Waals surface area contributed by atoms with E-state index in [1.54, 1.807) is 0 Å². The van der Waals surface area contributed by atoms with E-state index in [0.717, 1.165) is 72.0 Å². The summed E-state index contributed by atoms with van der Waals surface area (Å²) in [7, 11) is 0. The summed E-state index contributed by atoms with van der Waals surface area (Å²) in [5.74, 6) is 1.77. The van der Waals surface area contributed by atoms with E-state index in [0.29, 0.717) is 23.2 Å². The third-order valence-electron chi connectivity index (χ3n) is 12.9. The Labute approximate surface area is 385 Å². The monoisotopic (exact) mass is 852 g/mol. The number of fused-ring (bicyclic) bond motifs is 6. The minimum absolute atomic E-state index is 0.0410. The topological polar surface area (TPSA) is 52.9 Å². The Morgan fingerprint density at radius 3 is 1.33 bits per heavy atom. The SMILES string of the molecule is [C-]#[N+]c1ccc(-c2cc(-c3nc(-c4ccccc4)nc(-c4ccccc4)n3)ccc2-n2c3ccc(C(C)(C)C)cc3c3cc(C(C)(C)C)ccc32)c(-n2c3ccccc3c3ccccc32)c1. The summed E-state index contributed by atoms with van der Waals surface area (Å²) in [5.41, 5.74) is 13.9. The lowest BCUT2D eigenvalue weighted by molar-refractivity contribution is 0.590. The van der Waals surface area contributed by atoms with Gasteiger partial charge in [0.15, 0.2) is 23.2 Å². The van der Waals surface area contributed by atoms with Crippen molar-refractivity contribution in [1.82, 2.24) is 24.1 Å².